The van der Waals surface area contributed by atoms with Gasteiger partial charge in [-0.25, -0.2) is 0 Å². The molecule has 0 aromatic heterocycles. The molecule has 0 saturated carbocycles. The van der Waals surface area contributed by atoms with Crippen LogP contribution in [0.2, 0.25) is 0 Å². The van der Waals surface area contributed by atoms with Crippen molar-refractivity contribution < 1.29 is 28.8 Å². The molecule has 2 rings (SSSR count). The lowest BCUT2D eigenvalue weighted by molar-refractivity contribution is -0.436. The Kier molecular flexibility index (Phi) is 6.41. The lowest BCUT2D eigenvalue weighted by atomic mass is 10.0. The second-order valence-electron chi connectivity index (χ2n) is 5.83. The molecule has 0 bridgehead atoms. The molecule has 0 unspecified atom stereocenters. The van der Waals surface area contributed by atoms with Crippen LogP contribution in [-0.2, 0) is 23.7 Å². The third kappa shape index (κ3) is 4.17. The monoisotopic (exact) mass is 356 g/mol. The maximum absolute atomic E-state index is 12.1. The molecule has 1 aliphatic rings. The molecular weight excluding hydrogens is 332 g/mol. The van der Waals surface area contributed by atoms with Gasteiger partial charge < -0.3 is 24.1 Å². The van der Waals surface area contributed by atoms with Crippen molar-refractivity contribution in [1.82, 2.24) is 0 Å². The van der Waals surface area contributed by atoms with E-state index in [1.807, 2.05) is 30.3 Å². The minimum absolute atomic E-state index is 0.0446. The van der Waals surface area contributed by atoms with Gasteiger partial charge in [-0.2, -0.15) is 0 Å². The van der Waals surface area contributed by atoms with E-state index in [0.29, 0.717) is 0 Å². The molecule has 7 heteroatoms. The largest absolute Gasteiger partial charge is 0.390 e. The van der Waals surface area contributed by atoms with Crippen molar-refractivity contribution in [1.29, 1.82) is 0 Å². The molecule has 0 aliphatic carbocycles. The van der Waals surface area contributed by atoms with Crippen molar-refractivity contribution in [2.75, 3.05) is 20.8 Å². The first-order valence-corrected chi connectivity index (χ1v) is 8.51. The average Bonchev–Trinajstić information content (AvgIpc) is 2.58. The molecule has 0 radical (unpaired) electrons. The molecule has 134 valence electrons. The Morgan fingerprint density at radius 1 is 1.29 bits per heavy atom. The number of hydrogen-bond donors (Lipinski definition) is 1. The van der Waals surface area contributed by atoms with Gasteiger partial charge in [0, 0.05) is 25.5 Å². The van der Waals surface area contributed by atoms with Gasteiger partial charge in [-0.05, 0) is 26.0 Å². The van der Waals surface area contributed by atoms with Crippen molar-refractivity contribution in [3.63, 3.8) is 0 Å². The second kappa shape index (κ2) is 7.95. The number of benzene rings is 1. The lowest BCUT2D eigenvalue weighted by Crippen LogP contribution is -2.64. The number of ether oxygens (including phenoxy) is 4. The standard InChI is InChI=1S/C17H24O6S/c1-16(20-3)17(2,21-4)23-14(11-22-16)13(18)10-15(19)24-12-8-6-5-7-9-12/h5-9,13-14,18H,10-11H2,1-4H3/t13-,14+,16-,17-/m1/s1. The highest BCUT2D eigenvalue weighted by atomic mass is 32.2. The van der Waals surface area contributed by atoms with Crippen molar-refractivity contribution in [3.8, 4) is 0 Å². The van der Waals surface area contributed by atoms with Gasteiger partial charge in [0.05, 0.1) is 12.7 Å². The van der Waals surface area contributed by atoms with E-state index in [2.05, 4.69) is 0 Å². The fourth-order valence-corrected chi connectivity index (χ4v) is 3.24. The van der Waals surface area contributed by atoms with Gasteiger partial charge in [-0.15, -0.1) is 0 Å². The summed E-state index contributed by atoms with van der Waals surface area (Å²) in [6.45, 7) is 3.49. The van der Waals surface area contributed by atoms with Crippen molar-refractivity contribution >= 4 is 16.9 Å². The van der Waals surface area contributed by atoms with Gasteiger partial charge in [0.1, 0.15) is 6.10 Å². The van der Waals surface area contributed by atoms with Gasteiger partial charge in [0.25, 0.3) is 0 Å². The summed E-state index contributed by atoms with van der Waals surface area (Å²) in [6.07, 6.45) is -1.72. The Labute approximate surface area is 146 Å². The Morgan fingerprint density at radius 3 is 2.50 bits per heavy atom. The van der Waals surface area contributed by atoms with Crippen LogP contribution in [0.25, 0.3) is 0 Å². The SMILES string of the molecule is CO[C@]1(C)OC[C@@H]([C@H](O)CC(=O)Sc2ccccc2)O[C@@]1(C)OC. The van der Waals surface area contributed by atoms with Gasteiger partial charge in [-0.1, -0.05) is 30.0 Å². The molecule has 24 heavy (non-hydrogen) atoms. The molecule has 1 aromatic rings. The number of rotatable bonds is 6. The number of carbonyl (C=O) groups is 1. The number of aliphatic hydroxyl groups excluding tert-OH is 1. The van der Waals surface area contributed by atoms with Crippen LogP contribution in [0.1, 0.15) is 20.3 Å². The molecule has 4 atom stereocenters. The van der Waals surface area contributed by atoms with E-state index < -0.39 is 23.8 Å². The predicted molar refractivity (Wildman–Crippen MR) is 89.6 cm³/mol. The Bertz CT molecular complexity index is 553. The number of hydrogen-bond acceptors (Lipinski definition) is 7. The Morgan fingerprint density at radius 2 is 1.92 bits per heavy atom. The maximum Gasteiger partial charge on any atom is 0.220 e. The Balaban J connectivity index is 1.95. The van der Waals surface area contributed by atoms with Crippen LogP contribution in [-0.4, -0.2) is 54.8 Å². The fourth-order valence-electron chi connectivity index (χ4n) is 2.43. The second-order valence-corrected chi connectivity index (χ2v) is 6.96. The zero-order valence-electron chi connectivity index (χ0n) is 14.4. The van der Waals surface area contributed by atoms with Crippen molar-refractivity contribution in [2.24, 2.45) is 0 Å². The minimum Gasteiger partial charge on any atom is -0.390 e. The summed E-state index contributed by atoms with van der Waals surface area (Å²) in [7, 11) is 2.98. The van der Waals surface area contributed by atoms with E-state index in [-0.39, 0.29) is 18.1 Å². The van der Waals surface area contributed by atoms with E-state index in [1.165, 1.54) is 14.2 Å². The Hall–Kier alpha value is -0.960. The highest BCUT2D eigenvalue weighted by Gasteiger charge is 2.54. The molecule has 1 heterocycles. The average molecular weight is 356 g/mol. The number of aliphatic hydroxyl groups is 1. The topological polar surface area (TPSA) is 74.2 Å². The molecule has 1 fully saturated rings. The number of methoxy groups -OCH3 is 2. The van der Waals surface area contributed by atoms with Crippen LogP contribution >= 0.6 is 11.8 Å². The van der Waals surface area contributed by atoms with Crippen LogP contribution in [0.3, 0.4) is 0 Å². The van der Waals surface area contributed by atoms with Crippen molar-refractivity contribution in [3.05, 3.63) is 30.3 Å². The van der Waals surface area contributed by atoms with E-state index in [1.54, 1.807) is 13.8 Å². The fraction of sp³-hybridized carbons (Fsp3) is 0.588. The van der Waals surface area contributed by atoms with Gasteiger partial charge in [0.2, 0.25) is 11.6 Å². The van der Waals surface area contributed by atoms with E-state index in [9.17, 15) is 9.90 Å². The summed E-state index contributed by atoms with van der Waals surface area (Å²) >= 11 is 1.09. The zero-order valence-corrected chi connectivity index (χ0v) is 15.2. The van der Waals surface area contributed by atoms with Crippen LogP contribution in [0.15, 0.2) is 35.2 Å². The van der Waals surface area contributed by atoms with Crippen LogP contribution in [0, 0.1) is 0 Å². The molecule has 1 aliphatic heterocycles. The molecule has 0 amide bonds. The first-order valence-electron chi connectivity index (χ1n) is 7.69. The highest BCUT2D eigenvalue weighted by molar-refractivity contribution is 8.13. The number of thioether (sulfide) groups is 1. The van der Waals surface area contributed by atoms with Gasteiger partial charge >= 0.3 is 0 Å². The van der Waals surface area contributed by atoms with E-state index in [0.717, 1.165) is 16.7 Å². The number of carbonyl (C=O) groups excluding carboxylic acids is 1. The van der Waals surface area contributed by atoms with Crippen LogP contribution in [0.4, 0.5) is 0 Å². The molecular formula is C17H24O6S. The third-order valence-electron chi connectivity index (χ3n) is 4.28. The summed E-state index contributed by atoms with van der Waals surface area (Å²) in [4.78, 5) is 13.0. The zero-order chi connectivity index (χ0) is 17.8. The molecule has 1 N–H and O–H groups in total. The van der Waals surface area contributed by atoms with E-state index in [4.69, 9.17) is 18.9 Å². The highest BCUT2D eigenvalue weighted by Crippen LogP contribution is 2.37. The summed E-state index contributed by atoms with van der Waals surface area (Å²) in [5.41, 5.74) is 0. The van der Waals surface area contributed by atoms with Crippen molar-refractivity contribution in [2.45, 2.75) is 48.9 Å². The summed E-state index contributed by atoms with van der Waals surface area (Å²) in [5.74, 6) is -2.29. The van der Waals surface area contributed by atoms with Gasteiger partial charge in [-0.3, -0.25) is 4.79 Å². The molecule has 6 nitrogen and oxygen atoms in total. The molecule has 0 spiro atoms. The molecule has 1 saturated heterocycles. The predicted octanol–water partition coefficient (Wildman–Crippen LogP) is 2.20. The van der Waals surface area contributed by atoms with E-state index >= 15 is 0 Å². The normalized spacial score (nSPS) is 31.6. The summed E-state index contributed by atoms with van der Waals surface area (Å²) < 4.78 is 22.3. The minimum atomic E-state index is -1.19. The lowest BCUT2D eigenvalue weighted by Gasteiger charge is -2.49. The molecule has 1 aromatic carbocycles. The quantitative estimate of drug-likeness (QED) is 0.783. The first-order chi connectivity index (χ1) is 11.3. The first kappa shape index (κ1) is 19.4. The smallest absolute Gasteiger partial charge is 0.220 e. The van der Waals surface area contributed by atoms with Crippen LogP contribution in [0.5, 0.6) is 0 Å². The maximum atomic E-state index is 12.1. The van der Waals surface area contributed by atoms with Gasteiger partial charge in [0.15, 0.2) is 5.12 Å². The summed E-state index contributed by atoms with van der Waals surface area (Å²) in [6, 6.07) is 9.30. The third-order valence-corrected chi connectivity index (χ3v) is 5.19. The summed E-state index contributed by atoms with van der Waals surface area (Å²) in [5, 5.41) is 10.2. The van der Waals surface area contributed by atoms with Crippen LogP contribution < -0.4 is 0 Å².